The van der Waals surface area contributed by atoms with Crippen molar-refractivity contribution in [1.29, 1.82) is 0 Å². The summed E-state index contributed by atoms with van der Waals surface area (Å²) in [6, 6.07) is 5.75. The molecule has 15 heavy (non-hydrogen) atoms. The van der Waals surface area contributed by atoms with E-state index in [0.29, 0.717) is 5.75 Å². The van der Waals surface area contributed by atoms with Gasteiger partial charge in [-0.25, -0.2) is 10.2 Å². The van der Waals surface area contributed by atoms with Gasteiger partial charge in [-0.1, -0.05) is 6.07 Å². The van der Waals surface area contributed by atoms with Crippen molar-refractivity contribution in [3.05, 3.63) is 30.1 Å². The number of hydrazine groups is 1. The molecule has 1 amide bonds. The standard InChI is InChI=1S/C10H13FN2O2/c1-13(12)10(14)5-6-15-9-4-2-3-8(11)7-9/h2-4,7H,5-6,12H2,1H3. The van der Waals surface area contributed by atoms with E-state index in [1.165, 1.54) is 19.2 Å². The molecule has 5 heteroatoms. The second-order valence-corrected chi connectivity index (χ2v) is 3.06. The van der Waals surface area contributed by atoms with Crippen LogP contribution in [0.5, 0.6) is 5.75 Å². The van der Waals surface area contributed by atoms with E-state index in [1.54, 1.807) is 12.1 Å². The fourth-order valence-electron chi connectivity index (χ4n) is 0.989. The van der Waals surface area contributed by atoms with E-state index in [0.717, 1.165) is 5.01 Å². The van der Waals surface area contributed by atoms with Crippen LogP contribution in [0.15, 0.2) is 24.3 Å². The number of halogens is 1. The first kappa shape index (κ1) is 11.5. The van der Waals surface area contributed by atoms with Crippen molar-refractivity contribution >= 4 is 5.91 Å². The monoisotopic (exact) mass is 212 g/mol. The summed E-state index contributed by atoms with van der Waals surface area (Å²) in [5.41, 5.74) is 0. The topological polar surface area (TPSA) is 55.6 Å². The highest BCUT2D eigenvalue weighted by molar-refractivity contribution is 5.75. The van der Waals surface area contributed by atoms with Gasteiger partial charge in [0.05, 0.1) is 13.0 Å². The minimum atomic E-state index is -0.366. The first-order valence-corrected chi connectivity index (χ1v) is 4.49. The van der Waals surface area contributed by atoms with Gasteiger partial charge >= 0.3 is 0 Å². The summed E-state index contributed by atoms with van der Waals surface area (Å²) in [6.07, 6.45) is 0.170. The third kappa shape index (κ3) is 3.95. The molecule has 0 radical (unpaired) electrons. The number of carbonyl (C=O) groups is 1. The lowest BCUT2D eigenvalue weighted by Gasteiger charge is -2.10. The summed E-state index contributed by atoms with van der Waals surface area (Å²) in [5, 5.41) is 0.995. The quantitative estimate of drug-likeness (QED) is 0.459. The Hall–Kier alpha value is -1.62. The van der Waals surface area contributed by atoms with E-state index in [2.05, 4.69) is 0 Å². The molecule has 0 saturated carbocycles. The predicted molar refractivity (Wildman–Crippen MR) is 53.5 cm³/mol. The van der Waals surface area contributed by atoms with Crippen LogP contribution in [0.4, 0.5) is 4.39 Å². The summed E-state index contributed by atoms with van der Waals surface area (Å²) < 4.78 is 17.9. The molecule has 0 saturated heterocycles. The van der Waals surface area contributed by atoms with Crippen LogP contribution in [-0.4, -0.2) is 24.6 Å². The predicted octanol–water partition coefficient (Wildman–Crippen LogP) is 0.927. The van der Waals surface area contributed by atoms with E-state index in [-0.39, 0.29) is 24.8 Å². The van der Waals surface area contributed by atoms with Crippen LogP contribution in [0.25, 0.3) is 0 Å². The molecular formula is C10H13FN2O2. The Bertz CT molecular complexity index is 342. The molecule has 4 nitrogen and oxygen atoms in total. The second-order valence-electron chi connectivity index (χ2n) is 3.06. The lowest BCUT2D eigenvalue weighted by molar-refractivity contribution is -0.130. The fourth-order valence-corrected chi connectivity index (χ4v) is 0.989. The Labute approximate surface area is 87.4 Å². The molecule has 1 aromatic rings. The summed E-state index contributed by atoms with van der Waals surface area (Å²) in [7, 11) is 1.46. The molecule has 0 atom stereocenters. The first-order chi connectivity index (χ1) is 7.09. The average molecular weight is 212 g/mol. The van der Waals surface area contributed by atoms with Gasteiger partial charge < -0.3 is 4.74 Å². The van der Waals surface area contributed by atoms with E-state index in [9.17, 15) is 9.18 Å². The van der Waals surface area contributed by atoms with E-state index < -0.39 is 0 Å². The third-order valence-corrected chi connectivity index (χ3v) is 1.77. The van der Waals surface area contributed by atoms with Gasteiger partial charge in [-0.3, -0.25) is 9.80 Å². The molecule has 0 aliphatic heterocycles. The number of rotatable bonds is 4. The van der Waals surface area contributed by atoms with Gasteiger partial charge in [0.2, 0.25) is 5.91 Å². The molecule has 1 aromatic carbocycles. The maximum atomic E-state index is 12.7. The number of benzene rings is 1. The van der Waals surface area contributed by atoms with Crippen molar-refractivity contribution in [2.24, 2.45) is 5.84 Å². The summed E-state index contributed by atoms with van der Waals surface area (Å²) in [5.74, 6) is 5.02. The SMILES string of the molecule is CN(N)C(=O)CCOc1cccc(F)c1. The van der Waals surface area contributed by atoms with Crippen molar-refractivity contribution in [1.82, 2.24) is 5.01 Å². The van der Waals surface area contributed by atoms with Gasteiger partial charge in [0, 0.05) is 13.1 Å². The number of nitrogens with two attached hydrogens (primary N) is 1. The maximum absolute atomic E-state index is 12.7. The highest BCUT2D eigenvalue weighted by atomic mass is 19.1. The molecule has 82 valence electrons. The third-order valence-electron chi connectivity index (χ3n) is 1.77. The van der Waals surface area contributed by atoms with Gasteiger partial charge in [0.15, 0.2) is 0 Å². The van der Waals surface area contributed by atoms with Crippen molar-refractivity contribution < 1.29 is 13.9 Å². The Morgan fingerprint density at radius 2 is 2.33 bits per heavy atom. The Balaban J connectivity index is 2.35. The molecule has 0 unspecified atom stereocenters. The zero-order valence-corrected chi connectivity index (χ0v) is 8.44. The zero-order chi connectivity index (χ0) is 11.3. The lowest BCUT2D eigenvalue weighted by atomic mass is 10.3. The summed E-state index contributed by atoms with van der Waals surface area (Å²) >= 11 is 0. The van der Waals surface area contributed by atoms with Gasteiger partial charge in [0.1, 0.15) is 11.6 Å². The summed E-state index contributed by atoms with van der Waals surface area (Å²) in [4.78, 5) is 11.0. The molecule has 2 N–H and O–H groups in total. The van der Waals surface area contributed by atoms with Crippen LogP contribution in [0.1, 0.15) is 6.42 Å². The van der Waals surface area contributed by atoms with Crippen LogP contribution in [0.2, 0.25) is 0 Å². The molecule has 0 spiro atoms. The first-order valence-electron chi connectivity index (χ1n) is 4.49. The van der Waals surface area contributed by atoms with Crippen molar-refractivity contribution in [3.8, 4) is 5.75 Å². The van der Waals surface area contributed by atoms with Crippen molar-refractivity contribution in [2.75, 3.05) is 13.7 Å². The number of hydrogen-bond donors (Lipinski definition) is 1. The largest absolute Gasteiger partial charge is 0.493 e. The molecule has 0 bridgehead atoms. The van der Waals surface area contributed by atoms with E-state index in [1.807, 2.05) is 0 Å². The molecule has 1 rings (SSSR count). The van der Waals surface area contributed by atoms with Crippen molar-refractivity contribution in [3.63, 3.8) is 0 Å². The minimum Gasteiger partial charge on any atom is -0.493 e. The smallest absolute Gasteiger partial charge is 0.239 e. The number of ether oxygens (including phenoxy) is 1. The Morgan fingerprint density at radius 3 is 2.93 bits per heavy atom. The molecule has 0 aliphatic carbocycles. The molecule has 0 aromatic heterocycles. The normalized spacial score (nSPS) is 9.80. The van der Waals surface area contributed by atoms with Crippen LogP contribution < -0.4 is 10.6 Å². The van der Waals surface area contributed by atoms with E-state index >= 15 is 0 Å². The summed E-state index contributed by atoms with van der Waals surface area (Å²) in [6.45, 7) is 0.184. The number of carbonyl (C=O) groups excluding carboxylic acids is 1. The highest BCUT2D eigenvalue weighted by Gasteiger charge is 2.04. The van der Waals surface area contributed by atoms with Crippen LogP contribution in [0, 0.1) is 5.82 Å². The Morgan fingerprint density at radius 1 is 1.60 bits per heavy atom. The highest BCUT2D eigenvalue weighted by Crippen LogP contribution is 2.11. The number of hydrogen-bond acceptors (Lipinski definition) is 3. The van der Waals surface area contributed by atoms with Gasteiger partial charge in [-0.15, -0.1) is 0 Å². The van der Waals surface area contributed by atoms with Gasteiger partial charge in [-0.05, 0) is 12.1 Å². The van der Waals surface area contributed by atoms with Crippen LogP contribution >= 0.6 is 0 Å². The average Bonchev–Trinajstić information content (AvgIpc) is 2.17. The molecule has 0 heterocycles. The molecular weight excluding hydrogens is 199 g/mol. The number of amides is 1. The maximum Gasteiger partial charge on any atom is 0.239 e. The van der Waals surface area contributed by atoms with Gasteiger partial charge in [-0.2, -0.15) is 0 Å². The second kappa shape index (κ2) is 5.31. The van der Waals surface area contributed by atoms with Crippen molar-refractivity contribution in [2.45, 2.75) is 6.42 Å². The minimum absolute atomic E-state index is 0.170. The van der Waals surface area contributed by atoms with Gasteiger partial charge in [0.25, 0.3) is 0 Å². The van der Waals surface area contributed by atoms with Crippen LogP contribution in [-0.2, 0) is 4.79 Å². The Kier molecular flexibility index (Phi) is 4.05. The van der Waals surface area contributed by atoms with Crippen LogP contribution in [0.3, 0.4) is 0 Å². The zero-order valence-electron chi connectivity index (χ0n) is 8.44. The molecule has 0 fully saturated rings. The number of nitrogens with zero attached hydrogens (tertiary/aromatic N) is 1. The molecule has 0 aliphatic rings. The van der Waals surface area contributed by atoms with E-state index in [4.69, 9.17) is 10.6 Å². The lowest BCUT2D eigenvalue weighted by Crippen LogP contribution is -2.33. The fraction of sp³-hybridized carbons (Fsp3) is 0.300.